The molecule has 4 heteroatoms. The number of rotatable bonds is 7. The van der Waals surface area contributed by atoms with Crippen LogP contribution in [-0.4, -0.2) is 30.2 Å². The minimum absolute atomic E-state index is 0.0560. The third kappa shape index (κ3) is 4.62. The fraction of sp³-hybridized carbons (Fsp3) is 0.412. The molecule has 0 spiro atoms. The van der Waals surface area contributed by atoms with E-state index in [1.54, 1.807) is 6.07 Å². The largest absolute Gasteiger partial charge is 0.492 e. The molecule has 0 aliphatic rings. The monoisotopic (exact) mass is 289 g/mol. The summed E-state index contributed by atoms with van der Waals surface area (Å²) in [7, 11) is 2.02. The third-order valence-corrected chi connectivity index (χ3v) is 3.36. The SMILES string of the molecule is Cc1ccc(OCCN(C)Cc2ccc(CO)o2)c(C)c1. The van der Waals surface area contributed by atoms with Crippen LogP contribution >= 0.6 is 0 Å². The van der Waals surface area contributed by atoms with E-state index in [-0.39, 0.29) is 6.61 Å². The summed E-state index contributed by atoms with van der Waals surface area (Å²) < 4.78 is 11.3. The zero-order valence-electron chi connectivity index (χ0n) is 12.9. The average molecular weight is 289 g/mol. The average Bonchev–Trinajstić information content (AvgIpc) is 2.89. The normalized spacial score (nSPS) is 11.1. The zero-order chi connectivity index (χ0) is 15.2. The lowest BCUT2D eigenvalue weighted by Crippen LogP contribution is -2.23. The molecule has 21 heavy (non-hydrogen) atoms. The van der Waals surface area contributed by atoms with Gasteiger partial charge in [0.25, 0.3) is 0 Å². The van der Waals surface area contributed by atoms with E-state index in [0.29, 0.717) is 18.9 Å². The molecule has 1 aromatic heterocycles. The summed E-state index contributed by atoms with van der Waals surface area (Å²) in [6.45, 7) is 6.23. The molecule has 0 unspecified atom stereocenters. The molecule has 114 valence electrons. The van der Waals surface area contributed by atoms with Crippen molar-refractivity contribution in [3.05, 3.63) is 53.0 Å². The number of furan rings is 1. The minimum Gasteiger partial charge on any atom is -0.492 e. The van der Waals surface area contributed by atoms with Crippen LogP contribution in [0.3, 0.4) is 0 Å². The number of benzene rings is 1. The maximum absolute atomic E-state index is 8.97. The highest BCUT2D eigenvalue weighted by Gasteiger charge is 2.06. The number of aliphatic hydroxyl groups excluding tert-OH is 1. The fourth-order valence-electron chi connectivity index (χ4n) is 2.21. The van der Waals surface area contributed by atoms with Crippen LogP contribution in [0.4, 0.5) is 0 Å². The molecule has 0 amide bonds. The van der Waals surface area contributed by atoms with Gasteiger partial charge in [-0.25, -0.2) is 0 Å². The Labute approximate surface area is 126 Å². The molecular weight excluding hydrogens is 266 g/mol. The van der Waals surface area contributed by atoms with Crippen molar-refractivity contribution in [1.82, 2.24) is 4.90 Å². The smallest absolute Gasteiger partial charge is 0.129 e. The predicted molar refractivity (Wildman–Crippen MR) is 82.4 cm³/mol. The predicted octanol–water partition coefficient (Wildman–Crippen LogP) is 2.90. The molecule has 4 nitrogen and oxygen atoms in total. The minimum atomic E-state index is -0.0560. The Bertz CT molecular complexity index is 577. The molecule has 1 heterocycles. The van der Waals surface area contributed by atoms with Gasteiger partial charge in [-0.1, -0.05) is 17.7 Å². The highest BCUT2D eigenvalue weighted by Crippen LogP contribution is 2.18. The number of hydrogen-bond donors (Lipinski definition) is 1. The third-order valence-electron chi connectivity index (χ3n) is 3.36. The van der Waals surface area contributed by atoms with Crippen molar-refractivity contribution in [2.45, 2.75) is 27.0 Å². The molecule has 1 aromatic carbocycles. The van der Waals surface area contributed by atoms with Crippen LogP contribution in [0.5, 0.6) is 5.75 Å². The summed E-state index contributed by atoms with van der Waals surface area (Å²) in [5.74, 6) is 2.40. The Hall–Kier alpha value is -1.78. The second-order valence-corrected chi connectivity index (χ2v) is 5.38. The molecular formula is C17H23NO3. The molecule has 1 N–H and O–H groups in total. The number of likely N-dealkylation sites (N-methyl/N-ethyl adjacent to an activating group) is 1. The van der Waals surface area contributed by atoms with Crippen LogP contribution in [0.1, 0.15) is 22.6 Å². The second-order valence-electron chi connectivity index (χ2n) is 5.38. The maximum Gasteiger partial charge on any atom is 0.129 e. The Kier molecular flexibility index (Phi) is 5.42. The van der Waals surface area contributed by atoms with Gasteiger partial charge in [0.15, 0.2) is 0 Å². The van der Waals surface area contributed by atoms with Gasteiger partial charge < -0.3 is 14.3 Å². The van der Waals surface area contributed by atoms with Crippen molar-refractivity contribution in [3.63, 3.8) is 0 Å². The lowest BCUT2D eigenvalue weighted by atomic mass is 10.1. The fourth-order valence-corrected chi connectivity index (χ4v) is 2.21. The first-order valence-corrected chi connectivity index (χ1v) is 7.15. The molecule has 0 saturated carbocycles. The van der Waals surface area contributed by atoms with Gasteiger partial charge in [-0.3, -0.25) is 4.90 Å². The van der Waals surface area contributed by atoms with Gasteiger partial charge in [-0.05, 0) is 44.7 Å². The van der Waals surface area contributed by atoms with Gasteiger partial charge in [0, 0.05) is 6.54 Å². The van der Waals surface area contributed by atoms with Gasteiger partial charge in [-0.15, -0.1) is 0 Å². The van der Waals surface area contributed by atoms with Crippen LogP contribution in [0.25, 0.3) is 0 Å². The van der Waals surface area contributed by atoms with E-state index in [9.17, 15) is 0 Å². The van der Waals surface area contributed by atoms with E-state index in [4.69, 9.17) is 14.3 Å². The highest BCUT2D eigenvalue weighted by atomic mass is 16.5. The number of nitrogens with zero attached hydrogens (tertiary/aromatic N) is 1. The number of aliphatic hydroxyl groups is 1. The summed E-state index contributed by atoms with van der Waals surface area (Å²) >= 11 is 0. The molecule has 0 bridgehead atoms. The van der Waals surface area contributed by atoms with Crippen LogP contribution in [0, 0.1) is 13.8 Å². The first kappa shape index (κ1) is 15.6. The number of ether oxygens (including phenoxy) is 1. The molecule has 0 fully saturated rings. The highest BCUT2D eigenvalue weighted by molar-refractivity contribution is 5.35. The molecule has 0 aliphatic carbocycles. The number of hydrogen-bond acceptors (Lipinski definition) is 4. The summed E-state index contributed by atoms with van der Waals surface area (Å²) in [5, 5.41) is 8.97. The maximum atomic E-state index is 8.97. The van der Waals surface area contributed by atoms with E-state index >= 15 is 0 Å². The van der Waals surface area contributed by atoms with Crippen molar-refractivity contribution in [3.8, 4) is 5.75 Å². The van der Waals surface area contributed by atoms with Crippen LogP contribution in [-0.2, 0) is 13.2 Å². The summed E-state index contributed by atoms with van der Waals surface area (Å²) in [6, 6.07) is 9.90. The Morgan fingerprint density at radius 2 is 1.90 bits per heavy atom. The van der Waals surface area contributed by atoms with Gasteiger partial charge in [0.05, 0.1) is 6.54 Å². The van der Waals surface area contributed by atoms with Gasteiger partial charge >= 0.3 is 0 Å². The Morgan fingerprint density at radius 1 is 1.14 bits per heavy atom. The molecule has 2 rings (SSSR count). The van der Waals surface area contributed by atoms with Gasteiger partial charge in [0.2, 0.25) is 0 Å². The molecule has 2 aromatic rings. The van der Waals surface area contributed by atoms with Crippen molar-refractivity contribution in [2.24, 2.45) is 0 Å². The van der Waals surface area contributed by atoms with Crippen LogP contribution in [0.15, 0.2) is 34.7 Å². The van der Waals surface area contributed by atoms with E-state index < -0.39 is 0 Å². The summed E-state index contributed by atoms with van der Waals surface area (Å²) in [4.78, 5) is 2.13. The van der Waals surface area contributed by atoms with Crippen molar-refractivity contribution >= 4 is 0 Å². The zero-order valence-corrected chi connectivity index (χ0v) is 12.9. The molecule has 0 atom stereocenters. The topological polar surface area (TPSA) is 45.8 Å². The molecule has 0 aliphatic heterocycles. The lowest BCUT2D eigenvalue weighted by Gasteiger charge is -2.16. The van der Waals surface area contributed by atoms with Crippen molar-refractivity contribution in [2.75, 3.05) is 20.2 Å². The van der Waals surface area contributed by atoms with Crippen LogP contribution < -0.4 is 4.74 Å². The van der Waals surface area contributed by atoms with Crippen molar-refractivity contribution < 1.29 is 14.3 Å². The summed E-state index contributed by atoms with van der Waals surface area (Å²) in [6.07, 6.45) is 0. The number of aryl methyl sites for hydroxylation is 2. The standard InChI is InChI=1S/C17H23NO3/c1-13-4-7-17(14(2)10-13)20-9-8-18(3)11-15-5-6-16(12-19)21-15/h4-7,10,19H,8-9,11-12H2,1-3H3. The van der Waals surface area contributed by atoms with E-state index in [1.165, 1.54) is 5.56 Å². The Balaban J connectivity index is 1.77. The molecule has 0 radical (unpaired) electrons. The van der Waals surface area contributed by atoms with Gasteiger partial charge in [0.1, 0.15) is 30.5 Å². The second kappa shape index (κ2) is 7.29. The summed E-state index contributed by atoms with van der Waals surface area (Å²) in [5.41, 5.74) is 2.41. The van der Waals surface area contributed by atoms with E-state index in [0.717, 1.165) is 23.6 Å². The first-order chi connectivity index (χ1) is 10.1. The quantitative estimate of drug-likeness (QED) is 0.851. The van der Waals surface area contributed by atoms with E-state index in [1.807, 2.05) is 19.2 Å². The van der Waals surface area contributed by atoms with Crippen molar-refractivity contribution in [1.29, 1.82) is 0 Å². The Morgan fingerprint density at radius 3 is 2.57 bits per heavy atom. The van der Waals surface area contributed by atoms with Crippen LogP contribution in [0.2, 0.25) is 0 Å². The first-order valence-electron chi connectivity index (χ1n) is 7.15. The molecule has 0 saturated heterocycles. The lowest BCUT2D eigenvalue weighted by molar-refractivity contribution is 0.210. The van der Waals surface area contributed by atoms with Gasteiger partial charge in [-0.2, -0.15) is 0 Å². The van der Waals surface area contributed by atoms with E-state index in [2.05, 4.69) is 30.9 Å².